The van der Waals surface area contributed by atoms with Crippen molar-refractivity contribution in [1.29, 1.82) is 0 Å². The van der Waals surface area contributed by atoms with Crippen LogP contribution in [-0.2, 0) is 36.9 Å². The minimum atomic E-state index is -0.494. The number of esters is 2. The Morgan fingerprint density at radius 2 is 1.01 bits per heavy atom. The molecular formula is C65H71Cl5N6O10S2. The number of carbonyl (C=O) groups is 3. The van der Waals surface area contributed by atoms with Gasteiger partial charge in [0.15, 0.2) is 9.60 Å². The lowest BCUT2D eigenvalue weighted by atomic mass is 9.92. The van der Waals surface area contributed by atoms with Crippen molar-refractivity contribution in [3.63, 3.8) is 0 Å². The third kappa shape index (κ3) is 16.1. The van der Waals surface area contributed by atoms with E-state index in [9.17, 15) is 14.4 Å². The normalized spacial score (nSPS) is 18.5. The van der Waals surface area contributed by atoms with Crippen LogP contribution in [-0.4, -0.2) is 100 Å². The van der Waals surface area contributed by atoms with Crippen LogP contribution in [0.4, 0.5) is 9.93 Å². The van der Waals surface area contributed by atoms with Gasteiger partial charge < -0.3 is 42.5 Å². The van der Waals surface area contributed by atoms with Crippen LogP contribution < -0.4 is 4.90 Å². The molecule has 23 heteroatoms. The van der Waals surface area contributed by atoms with Gasteiger partial charge in [-0.15, -0.1) is 11.3 Å². The third-order valence-corrected chi connectivity index (χ3v) is 19.5. The summed E-state index contributed by atoms with van der Waals surface area (Å²) in [6, 6.07) is 22.2. The number of aromatic nitrogens is 4. The lowest BCUT2D eigenvalue weighted by Crippen LogP contribution is -2.43. The molecule has 4 aromatic carbocycles. The second-order valence-corrected chi connectivity index (χ2v) is 27.7. The van der Waals surface area contributed by atoms with Crippen LogP contribution in [0.1, 0.15) is 167 Å². The van der Waals surface area contributed by atoms with Crippen LogP contribution in [0.2, 0.25) is 24.6 Å². The number of benzene rings is 4. The first-order chi connectivity index (χ1) is 42.3. The largest absolute Gasteiger partial charge is 0.462 e. The smallest absolute Gasteiger partial charge is 0.410 e. The molecule has 4 saturated carbocycles. The van der Waals surface area contributed by atoms with E-state index in [0.717, 1.165) is 125 Å². The molecule has 88 heavy (non-hydrogen) atoms. The summed E-state index contributed by atoms with van der Waals surface area (Å²) in [6.07, 6.45) is 11.8. The molecular weight excluding hydrogens is 1270 g/mol. The Morgan fingerprint density at radius 3 is 1.44 bits per heavy atom. The second kappa shape index (κ2) is 29.2. The van der Waals surface area contributed by atoms with E-state index in [0.29, 0.717) is 103 Å². The van der Waals surface area contributed by atoms with Crippen molar-refractivity contribution in [2.75, 3.05) is 32.2 Å². The Bertz CT molecular complexity index is 3710. The average Bonchev–Trinajstić information content (AvgIpc) is 2.87. The Kier molecular flexibility index (Phi) is 21.7. The van der Waals surface area contributed by atoms with Gasteiger partial charge in [-0.3, -0.25) is 0 Å². The van der Waals surface area contributed by atoms with Crippen LogP contribution in [0.5, 0.6) is 0 Å². The molecule has 0 atom stereocenters. The molecule has 4 aliphatic carbocycles. The predicted molar refractivity (Wildman–Crippen MR) is 348 cm³/mol. The number of fused-ring (bicyclic) bond motifs is 2. The molecule has 4 aliphatic rings. The summed E-state index contributed by atoms with van der Waals surface area (Å²) >= 11 is 34.6. The molecule has 16 nitrogen and oxygen atoms in total. The Hall–Kier alpha value is -5.54. The number of halogens is 5. The number of amides is 1. The van der Waals surface area contributed by atoms with Gasteiger partial charge in [0.25, 0.3) is 0 Å². The summed E-state index contributed by atoms with van der Waals surface area (Å²) in [4.78, 5) is 48.9. The van der Waals surface area contributed by atoms with Gasteiger partial charge in [0, 0.05) is 60.3 Å². The zero-order valence-electron chi connectivity index (χ0n) is 50.2. The zero-order valence-corrected chi connectivity index (χ0v) is 55.6. The van der Waals surface area contributed by atoms with E-state index in [-0.39, 0.29) is 36.3 Å². The first-order valence-electron chi connectivity index (χ1n) is 29.9. The van der Waals surface area contributed by atoms with Gasteiger partial charge in [-0.05, 0) is 172 Å². The Labute approximate surface area is 545 Å². The molecule has 0 bridgehead atoms. The van der Waals surface area contributed by atoms with E-state index in [4.69, 9.17) is 95.7 Å². The molecule has 1 amide bonds. The summed E-state index contributed by atoms with van der Waals surface area (Å²) in [5.74, 6) is 1.96. The fourth-order valence-corrected chi connectivity index (χ4v) is 14.2. The molecule has 4 fully saturated rings. The number of ether oxygens (including phenoxy) is 5. The number of thiazole rings is 2. The van der Waals surface area contributed by atoms with Crippen molar-refractivity contribution in [3.05, 3.63) is 131 Å². The molecule has 0 radical (unpaired) electrons. The van der Waals surface area contributed by atoms with Gasteiger partial charge in [-0.25, -0.2) is 24.4 Å². The van der Waals surface area contributed by atoms with Crippen molar-refractivity contribution in [3.8, 4) is 22.5 Å². The molecule has 0 unspecified atom stereocenters. The van der Waals surface area contributed by atoms with Crippen LogP contribution in [0.25, 0.3) is 42.9 Å². The van der Waals surface area contributed by atoms with E-state index in [1.54, 1.807) is 59.6 Å². The molecule has 468 valence electrons. The maximum Gasteiger partial charge on any atom is 0.410 e. The highest BCUT2D eigenvalue weighted by atomic mass is 35.5. The second-order valence-electron chi connectivity index (χ2n) is 23.4. The topological polar surface area (TPSA) is 182 Å². The van der Waals surface area contributed by atoms with Crippen molar-refractivity contribution in [2.45, 2.75) is 167 Å². The summed E-state index contributed by atoms with van der Waals surface area (Å²) < 4.78 is 42.2. The van der Waals surface area contributed by atoms with E-state index in [1.165, 1.54) is 11.3 Å². The highest BCUT2D eigenvalue weighted by Crippen LogP contribution is 2.48. The average molecular weight is 1340 g/mol. The van der Waals surface area contributed by atoms with Crippen molar-refractivity contribution in [1.82, 2.24) is 25.2 Å². The molecule has 8 aromatic rings. The predicted octanol–water partition coefficient (Wildman–Crippen LogP) is 18.6. The van der Waals surface area contributed by atoms with Gasteiger partial charge in [-0.2, -0.15) is 0 Å². The van der Waals surface area contributed by atoms with E-state index >= 15 is 0 Å². The highest BCUT2D eigenvalue weighted by Gasteiger charge is 2.37. The number of rotatable bonds is 17. The molecule has 0 saturated heterocycles. The van der Waals surface area contributed by atoms with Crippen LogP contribution in [0.15, 0.2) is 81.8 Å². The lowest BCUT2D eigenvalue weighted by molar-refractivity contribution is -0.0109. The third-order valence-electron chi connectivity index (χ3n) is 16.0. The van der Waals surface area contributed by atoms with E-state index in [1.807, 2.05) is 71.1 Å². The number of carbonyl (C=O) groups excluding carboxylic acids is 3. The number of hydrogen-bond donors (Lipinski definition) is 0. The monoisotopic (exact) mass is 1330 g/mol. The summed E-state index contributed by atoms with van der Waals surface area (Å²) in [7, 11) is 3.92. The molecule has 12 rings (SSSR count). The standard InChI is InChI=1S/C30H31Cl2N3O4S.C25H32Cl2N2O4.C10H8ClNO2S/c1-3-37-29(36)18-9-14-24-25(15-18)40-30(33-24)35(2)19-10-12-20(13-11-19)38-16-21-27(34-39-28(21)17-7-8-17)26-22(31)5-4-6-23(26)32;1-25(2,3)32-24(30)29(4)16-10-12-17(13-11-16)31-14-18-22(28-33-23(18)15-8-9-15)21-19(26)6-5-7-20(21)27;1-2-14-9(13)6-3-4-7-8(5-6)15-10(11)12-7/h4-6,9,14-15,17,19-20H,3,7-8,10-13,16H2,1-2H3;5-7,15-17H,8-14H2,1-4H3;3-5H,2H2,1H3. The minimum absolute atomic E-state index is 0.116. The van der Waals surface area contributed by atoms with Gasteiger partial charge >= 0.3 is 18.0 Å². The SMILES string of the molecule is CCOC(=O)c1ccc2nc(Cl)sc2c1.CCOC(=O)c1ccc2nc(N(C)C3CCC(OCc4c(-c5c(Cl)cccc5Cl)noc4C4CC4)CC3)sc2c1.CN(C(=O)OC(C)(C)C)C1CCC(OCc2c(-c3c(Cl)cccc3Cl)noc2C2CC2)CC1. The fourth-order valence-electron chi connectivity index (χ4n) is 11.0. The number of hydrogen-bond acceptors (Lipinski definition) is 17. The first kappa shape index (κ1) is 65.4. The Balaban J connectivity index is 0.000000160. The molecule has 4 heterocycles. The molecule has 0 spiro atoms. The quantitative estimate of drug-likeness (QED) is 0.0620. The summed E-state index contributed by atoms with van der Waals surface area (Å²) in [5, 5.41) is 11.9. The van der Waals surface area contributed by atoms with Gasteiger partial charge in [0.2, 0.25) is 0 Å². The molecule has 0 N–H and O–H groups in total. The first-order valence-corrected chi connectivity index (χ1v) is 33.4. The van der Waals surface area contributed by atoms with Crippen molar-refractivity contribution >= 4 is 124 Å². The van der Waals surface area contributed by atoms with Crippen LogP contribution >= 0.6 is 80.7 Å². The van der Waals surface area contributed by atoms with Gasteiger partial charge in [-0.1, -0.05) is 91.8 Å². The van der Waals surface area contributed by atoms with Crippen LogP contribution in [0, 0.1) is 0 Å². The number of nitrogens with zero attached hydrogens (tertiary/aromatic N) is 6. The zero-order chi connectivity index (χ0) is 62.4. The summed E-state index contributed by atoms with van der Waals surface area (Å²) in [6.45, 7) is 10.8. The fraction of sp³-hybridized carbons (Fsp3) is 0.462. The Morgan fingerprint density at radius 1 is 0.580 bits per heavy atom. The maximum atomic E-state index is 12.4. The maximum absolute atomic E-state index is 12.4. The number of anilines is 1. The van der Waals surface area contributed by atoms with E-state index in [2.05, 4.69) is 27.2 Å². The van der Waals surface area contributed by atoms with Crippen molar-refractivity contribution < 1.29 is 47.1 Å². The van der Waals surface area contributed by atoms with Crippen LogP contribution in [0.3, 0.4) is 0 Å². The lowest BCUT2D eigenvalue weighted by Gasteiger charge is -2.35. The van der Waals surface area contributed by atoms with Gasteiger partial charge in [0.05, 0.1) is 90.3 Å². The van der Waals surface area contributed by atoms with Gasteiger partial charge in [0.1, 0.15) is 28.5 Å². The molecule has 4 aromatic heterocycles. The highest BCUT2D eigenvalue weighted by molar-refractivity contribution is 7.22. The van der Waals surface area contributed by atoms with E-state index < -0.39 is 5.60 Å². The molecule has 0 aliphatic heterocycles. The minimum Gasteiger partial charge on any atom is -0.462 e. The summed E-state index contributed by atoms with van der Waals surface area (Å²) in [5.41, 5.74) is 6.96. The van der Waals surface area contributed by atoms with Crippen molar-refractivity contribution in [2.24, 2.45) is 0 Å².